The van der Waals surface area contributed by atoms with E-state index in [9.17, 15) is 0 Å². The second kappa shape index (κ2) is 3.91. The Hall–Kier alpha value is -1.35. The number of hydrogen-bond donors (Lipinski definition) is 1. The van der Waals surface area contributed by atoms with E-state index in [2.05, 4.69) is 18.8 Å². The third-order valence-electron chi connectivity index (χ3n) is 3.30. The minimum absolute atomic E-state index is 0.439. The minimum Gasteiger partial charge on any atom is -0.438 e. The molecule has 0 saturated carbocycles. The van der Waals surface area contributed by atoms with E-state index >= 15 is 0 Å². The molecule has 0 aliphatic rings. The van der Waals surface area contributed by atoms with Gasteiger partial charge in [0.15, 0.2) is 5.58 Å². The van der Waals surface area contributed by atoms with Crippen molar-refractivity contribution in [3.05, 3.63) is 29.7 Å². The van der Waals surface area contributed by atoms with E-state index in [0.29, 0.717) is 5.89 Å². The highest BCUT2D eigenvalue weighted by molar-refractivity contribution is 5.76. The summed E-state index contributed by atoms with van der Waals surface area (Å²) in [6.45, 7) is 6.14. The number of aryl methyl sites for hydroxylation is 1. The molecule has 2 N–H and O–H groups in total. The molecule has 1 heterocycles. The predicted octanol–water partition coefficient (Wildman–Crippen LogP) is 3.11. The number of rotatable bonds is 3. The monoisotopic (exact) mass is 218 g/mol. The molecule has 3 heteroatoms. The maximum atomic E-state index is 6.28. The fourth-order valence-corrected chi connectivity index (χ4v) is 1.85. The van der Waals surface area contributed by atoms with Gasteiger partial charge in [-0.15, -0.1) is 0 Å². The molecule has 2 aromatic rings. The van der Waals surface area contributed by atoms with Crippen molar-refractivity contribution in [3.63, 3.8) is 0 Å². The van der Waals surface area contributed by atoms with Gasteiger partial charge in [0.05, 0.1) is 5.54 Å². The molecule has 2 rings (SSSR count). The van der Waals surface area contributed by atoms with Crippen LogP contribution in [0.1, 0.15) is 38.1 Å². The normalized spacial score (nSPS) is 12.2. The SMILES string of the molecule is CCC(N)(CC)c1nc2cccc(C)c2o1. The quantitative estimate of drug-likeness (QED) is 0.861. The summed E-state index contributed by atoms with van der Waals surface area (Å²) in [5, 5.41) is 0. The van der Waals surface area contributed by atoms with E-state index in [0.717, 1.165) is 29.5 Å². The molecule has 0 atom stereocenters. The third kappa shape index (κ3) is 1.61. The summed E-state index contributed by atoms with van der Waals surface area (Å²) in [7, 11) is 0. The summed E-state index contributed by atoms with van der Waals surface area (Å²) in [6, 6.07) is 5.97. The lowest BCUT2D eigenvalue weighted by atomic mass is 9.94. The number of oxazole rings is 1. The van der Waals surface area contributed by atoms with E-state index in [1.54, 1.807) is 0 Å². The van der Waals surface area contributed by atoms with Gasteiger partial charge in [-0.3, -0.25) is 0 Å². The zero-order valence-corrected chi connectivity index (χ0v) is 10.1. The van der Waals surface area contributed by atoms with Crippen molar-refractivity contribution in [2.24, 2.45) is 5.73 Å². The molecule has 0 aliphatic carbocycles. The largest absolute Gasteiger partial charge is 0.438 e. The Morgan fingerprint density at radius 3 is 2.56 bits per heavy atom. The van der Waals surface area contributed by atoms with Gasteiger partial charge < -0.3 is 10.2 Å². The van der Waals surface area contributed by atoms with Crippen molar-refractivity contribution in [2.45, 2.75) is 39.2 Å². The summed E-state index contributed by atoms with van der Waals surface area (Å²) in [4.78, 5) is 4.50. The van der Waals surface area contributed by atoms with Crippen molar-refractivity contribution in [1.82, 2.24) is 4.98 Å². The van der Waals surface area contributed by atoms with Crippen LogP contribution in [-0.2, 0) is 5.54 Å². The van der Waals surface area contributed by atoms with Crippen LogP contribution >= 0.6 is 0 Å². The first kappa shape index (κ1) is 11.1. The van der Waals surface area contributed by atoms with E-state index in [1.165, 1.54) is 0 Å². The summed E-state index contributed by atoms with van der Waals surface area (Å²) < 4.78 is 5.81. The number of para-hydroxylation sites is 1. The maximum Gasteiger partial charge on any atom is 0.215 e. The number of fused-ring (bicyclic) bond motifs is 1. The first-order valence-corrected chi connectivity index (χ1v) is 5.76. The molecule has 0 aliphatic heterocycles. The molecule has 0 unspecified atom stereocenters. The van der Waals surface area contributed by atoms with Gasteiger partial charge >= 0.3 is 0 Å². The van der Waals surface area contributed by atoms with Gasteiger partial charge in [-0.2, -0.15) is 0 Å². The van der Waals surface area contributed by atoms with Crippen LogP contribution in [0.5, 0.6) is 0 Å². The Morgan fingerprint density at radius 2 is 2.00 bits per heavy atom. The minimum atomic E-state index is -0.439. The Balaban J connectivity index is 2.59. The highest BCUT2D eigenvalue weighted by Gasteiger charge is 2.29. The number of nitrogens with two attached hydrogens (primary N) is 1. The van der Waals surface area contributed by atoms with Crippen LogP contribution in [-0.4, -0.2) is 4.98 Å². The van der Waals surface area contributed by atoms with Crippen LogP contribution < -0.4 is 5.73 Å². The summed E-state index contributed by atoms with van der Waals surface area (Å²) >= 11 is 0. The van der Waals surface area contributed by atoms with Gasteiger partial charge in [0.1, 0.15) is 5.52 Å². The predicted molar refractivity (Wildman–Crippen MR) is 65.2 cm³/mol. The highest BCUT2D eigenvalue weighted by Crippen LogP contribution is 2.29. The van der Waals surface area contributed by atoms with Crippen LogP contribution in [0.15, 0.2) is 22.6 Å². The van der Waals surface area contributed by atoms with Crippen LogP contribution in [0.3, 0.4) is 0 Å². The van der Waals surface area contributed by atoms with Gasteiger partial charge in [0, 0.05) is 0 Å². The van der Waals surface area contributed by atoms with Gasteiger partial charge in [0.25, 0.3) is 0 Å². The van der Waals surface area contributed by atoms with Gasteiger partial charge in [-0.25, -0.2) is 4.98 Å². The zero-order chi connectivity index (χ0) is 11.8. The van der Waals surface area contributed by atoms with E-state index in [4.69, 9.17) is 10.2 Å². The van der Waals surface area contributed by atoms with E-state index in [-0.39, 0.29) is 0 Å². The third-order valence-corrected chi connectivity index (χ3v) is 3.30. The Morgan fingerprint density at radius 1 is 1.31 bits per heavy atom. The van der Waals surface area contributed by atoms with Gasteiger partial charge in [-0.1, -0.05) is 26.0 Å². The molecule has 0 amide bonds. The van der Waals surface area contributed by atoms with Crippen molar-refractivity contribution in [2.75, 3.05) is 0 Å². The standard InChI is InChI=1S/C13H18N2O/c1-4-13(14,5-2)12-15-10-8-6-7-9(3)11(10)16-12/h6-8H,4-5,14H2,1-3H3. The van der Waals surface area contributed by atoms with Gasteiger partial charge in [0.2, 0.25) is 5.89 Å². The molecule has 16 heavy (non-hydrogen) atoms. The fraction of sp³-hybridized carbons (Fsp3) is 0.462. The number of benzene rings is 1. The second-order valence-electron chi connectivity index (χ2n) is 4.31. The van der Waals surface area contributed by atoms with Crippen LogP contribution in [0.4, 0.5) is 0 Å². The molecule has 0 bridgehead atoms. The smallest absolute Gasteiger partial charge is 0.215 e. The molecule has 86 valence electrons. The molecule has 3 nitrogen and oxygen atoms in total. The van der Waals surface area contributed by atoms with Crippen molar-refractivity contribution in [1.29, 1.82) is 0 Å². The van der Waals surface area contributed by atoms with Gasteiger partial charge in [-0.05, 0) is 31.4 Å². The zero-order valence-electron chi connectivity index (χ0n) is 10.1. The number of aromatic nitrogens is 1. The average molecular weight is 218 g/mol. The second-order valence-corrected chi connectivity index (χ2v) is 4.31. The van der Waals surface area contributed by atoms with Crippen molar-refractivity contribution < 1.29 is 4.42 Å². The molecular weight excluding hydrogens is 200 g/mol. The van der Waals surface area contributed by atoms with Crippen LogP contribution in [0.2, 0.25) is 0 Å². The maximum absolute atomic E-state index is 6.28. The summed E-state index contributed by atoms with van der Waals surface area (Å²) in [6.07, 6.45) is 1.66. The topological polar surface area (TPSA) is 52.0 Å². The lowest BCUT2D eigenvalue weighted by Gasteiger charge is -2.21. The number of hydrogen-bond acceptors (Lipinski definition) is 3. The molecule has 1 aromatic heterocycles. The lowest BCUT2D eigenvalue weighted by Crippen LogP contribution is -2.35. The Bertz CT molecular complexity index is 498. The highest BCUT2D eigenvalue weighted by atomic mass is 16.4. The fourth-order valence-electron chi connectivity index (χ4n) is 1.85. The Labute approximate surface area is 95.7 Å². The van der Waals surface area contributed by atoms with Crippen molar-refractivity contribution in [3.8, 4) is 0 Å². The van der Waals surface area contributed by atoms with Crippen LogP contribution in [0.25, 0.3) is 11.1 Å². The number of nitrogens with zero attached hydrogens (tertiary/aromatic N) is 1. The van der Waals surface area contributed by atoms with E-state index in [1.807, 2.05) is 25.1 Å². The molecule has 0 fully saturated rings. The molecule has 0 saturated heterocycles. The lowest BCUT2D eigenvalue weighted by molar-refractivity contribution is 0.318. The average Bonchev–Trinajstić information content (AvgIpc) is 2.74. The van der Waals surface area contributed by atoms with Crippen molar-refractivity contribution >= 4 is 11.1 Å². The molecule has 0 radical (unpaired) electrons. The first-order valence-electron chi connectivity index (χ1n) is 5.76. The molecular formula is C13H18N2O. The summed E-state index contributed by atoms with van der Waals surface area (Å²) in [5.74, 6) is 0.654. The summed E-state index contributed by atoms with van der Waals surface area (Å²) in [5.41, 5.74) is 8.69. The van der Waals surface area contributed by atoms with Crippen LogP contribution in [0, 0.1) is 6.92 Å². The van der Waals surface area contributed by atoms with E-state index < -0.39 is 5.54 Å². The molecule has 0 spiro atoms. The Kier molecular flexibility index (Phi) is 2.72. The first-order chi connectivity index (χ1) is 7.60. The molecule has 1 aromatic carbocycles.